The largest absolute Gasteiger partial charge is 0.493 e. The van der Waals surface area contributed by atoms with Crippen molar-refractivity contribution < 1.29 is 23.7 Å². The van der Waals surface area contributed by atoms with Gasteiger partial charge in [-0.15, -0.1) is 0 Å². The first-order chi connectivity index (χ1) is 19.9. The molecular weight excluding hydrogens is 528 g/mol. The molecule has 1 aromatic carbocycles. The van der Waals surface area contributed by atoms with Gasteiger partial charge in [0, 0.05) is 24.1 Å². The molecule has 0 radical (unpaired) electrons. The molecule has 0 atom stereocenters. The van der Waals surface area contributed by atoms with Crippen molar-refractivity contribution in [1.82, 2.24) is 30.0 Å². The summed E-state index contributed by atoms with van der Waals surface area (Å²) in [5.41, 5.74) is 0.881. The number of aliphatic imine (C=N–C) groups is 1. The van der Waals surface area contributed by atoms with Gasteiger partial charge in [-0.1, -0.05) is 6.92 Å². The molecule has 4 rings (SSSR count). The molecule has 0 bridgehead atoms. The van der Waals surface area contributed by atoms with E-state index in [2.05, 4.69) is 30.4 Å². The van der Waals surface area contributed by atoms with Gasteiger partial charge in [0.05, 0.1) is 51.1 Å². The van der Waals surface area contributed by atoms with E-state index in [4.69, 9.17) is 24.2 Å². The van der Waals surface area contributed by atoms with E-state index in [1.54, 1.807) is 52.5 Å². The Bertz CT molecular complexity index is 1650. The van der Waals surface area contributed by atoms with Gasteiger partial charge in [0.2, 0.25) is 0 Å². The Balaban J connectivity index is 1.53. The predicted molar refractivity (Wildman–Crippen MR) is 149 cm³/mol. The average Bonchev–Trinajstić information content (AvgIpc) is 3.42. The van der Waals surface area contributed by atoms with Crippen LogP contribution in [0.5, 0.6) is 23.0 Å². The fourth-order valence-electron chi connectivity index (χ4n) is 3.68. The minimum atomic E-state index is -0.524. The molecule has 1 amide bonds. The highest BCUT2D eigenvalue weighted by Gasteiger charge is 2.20. The van der Waals surface area contributed by atoms with Gasteiger partial charge in [-0.25, -0.2) is 19.6 Å². The fourth-order valence-corrected chi connectivity index (χ4v) is 3.68. The lowest BCUT2D eigenvalue weighted by Gasteiger charge is -2.13. The van der Waals surface area contributed by atoms with Gasteiger partial charge in [-0.05, 0) is 26.0 Å². The molecule has 210 valence electrons. The molecule has 13 nitrogen and oxygen atoms in total. The summed E-state index contributed by atoms with van der Waals surface area (Å²) in [5.74, 6) is 2.61. The molecule has 41 heavy (non-hydrogen) atoms. The van der Waals surface area contributed by atoms with E-state index in [-0.39, 0.29) is 17.1 Å². The number of hydrogen-bond donors (Lipinski definition) is 1. The summed E-state index contributed by atoms with van der Waals surface area (Å²) in [6.07, 6.45) is 7.93. The maximum absolute atomic E-state index is 13.1. The van der Waals surface area contributed by atoms with Crippen molar-refractivity contribution in [2.24, 2.45) is 4.99 Å². The SMILES string of the molecule is CCOc1cn(-c2cnc(C#N)cn2)nc1C(=O)N/C(C)=N/C=C(\CC)Oc1ccnc2cc(OC)c(OC)cc12. The first kappa shape index (κ1) is 28.5. The molecule has 3 heterocycles. The van der Waals surface area contributed by atoms with Crippen LogP contribution < -0.4 is 24.3 Å². The minimum absolute atomic E-state index is 0.0381. The third-order valence-corrected chi connectivity index (χ3v) is 5.68. The molecule has 0 fully saturated rings. The molecule has 0 aliphatic rings. The van der Waals surface area contributed by atoms with Crippen LogP contribution in [0.1, 0.15) is 43.4 Å². The van der Waals surface area contributed by atoms with Crippen molar-refractivity contribution in [3.63, 3.8) is 0 Å². The molecule has 0 aliphatic heterocycles. The molecule has 3 aromatic heterocycles. The summed E-state index contributed by atoms with van der Waals surface area (Å²) >= 11 is 0. The number of allylic oxidation sites excluding steroid dienone is 1. The highest BCUT2D eigenvalue weighted by molar-refractivity contribution is 6.06. The van der Waals surface area contributed by atoms with Gasteiger partial charge in [-0.2, -0.15) is 10.4 Å². The zero-order valence-electron chi connectivity index (χ0n) is 23.2. The second-order valence-corrected chi connectivity index (χ2v) is 8.34. The van der Waals surface area contributed by atoms with Crippen LogP contribution in [0.25, 0.3) is 16.7 Å². The Morgan fingerprint density at radius 2 is 1.88 bits per heavy atom. The highest BCUT2D eigenvalue weighted by atomic mass is 16.5. The number of aromatic nitrogens is 5. The van der Waals surface area contributed by atoms with Crippen LogP contribution in [-0.2, 0) is 0 Å². The number of benzene rings is 1. The molecule has 0 saturated heterocycles. The number of carbonyl (C=O) groups excluding carboxylic acids is 1. The summed E-state index contributed by atoms with van der Waals surface area (Å²) in [6.45, 7) is 5.68. The summed E-state index contributed by atoms with van der Waals surface area (Å²) < 4.78 is 23.9. The van der Waals surface area contributed by atoms with Gasteiger partial charge in [0.15, 0.2) is 34.5 Å². The van der Waals surface area contributed by atoms with E-state index in [0.717, 1.165) is 5.39 Å². The number of nitrogens with one attached hydrogen (secondary N) is 1. The van der Waals surface area contributed by atoms with Crippen molar-refractivity contribution >= 4 is 22.6 Å². The Morgan fingerprint density at radius 1 is 1.10 bits per heavy atom. The van der Waals surface area contributed by atoms with Crippen molar-refractivity contribution in [3.8, 4) is 34.9 Å². The van der Waals surface area contributed by atoms with Crippen molar-refractivity contribution in [3.05, 3.63) is 66.3 Å². The van der Waals surface area contributed by atoms with E-state index >= 15 is 0 Å². The lowest BCUT2D eigenvalue weighted by Crippen LogP contribution is -2.29. The number of fused-ring (bicyclic) bond motifs is 1. The van der Waals surface area contributed by atoms with E-state index in [1.807, 2.05) is 13.0 Å². The molecule has 13 heteroatoms. The Morgan fingerprint density at radius 3 is 2.54 bits per heavy atom. The maximum atomic E-state index is 13.1. The van der Waals surface area contributed by atoms with Crippen molar-refractivity contribution in [2.45, 2.75) is 27.2 Å². The van der Waals surface area contributed by atoms with Gasteiger partial charge < -0.3 is 24.3 Å². The van der Waals surface area contributed by atoms with Crippen LogP contribution in [0.4, 0.5) is 0 Å². The second-order valence-electron chi connectivity index (χ2n) is 8.34. The molecule has 1 N–H and O–H groups in total. The fraction of sp³-hybridized carbons (Fsp3) is 0.250. The number of amidine groups is 1. The molecule has 0 spiro atoms. The number of hydrogen-bond acceptors (Lipinski definition) is 11. The van der Waals surface area contributed by atoms with Gasteiger partial charge in [0.1, 0.15) is 23.4 Å². The van der Waals surface area contributed by atoms with Crippen LogP contribution in [0, 0.1) is 11.3 Å². The average molecular weight is 557 g/mol. The lowest BCUT2D eigenvalue weighted by atomic mass is 10.2. The maximum Gasteiger partial charge on any atom is 0.280 e. The number of carbonyl (C=O) groups is 1. The standard InChI is InChI=1S/C28H28N8O5/c1-6-19(41-22-8-9-30-21-11-24(39-5)23(38-4)10-20(21)22)14-31-17(3)34-28(37)27-25(40-7-2)16-36(35-27)26-15-32-18(12-29)13-33-26/h8-11,13-16H,6-7H2,1-5H3,(H,31,34,37)/b19-14+. The van der Waals surface area contributed by atoms with E-state index in [0.29, 0.717) is 53.2 Å². The number of amides is 1. The topological polar surface area (TPSA) is 159 Å². The molecule has 4 aromatic rings. The third-order valence-electron chi connectivity index (χ3n) is 5.68. The number of pyridine rings is 1. The van der Waals surface area contributed by atoms with Crippen molar-refractivity contribution in [2.75, 3.05) is 20.8 Å². The molecular formula is C28H28N8O5. The minimum Gasteiger partial charge on any atom is -0.493 e. The van der Waals surface area contributed by atoms with Crippen LogP contribution in [0.2, 0.25) is 0 Å². The van der Waals surface area contributed by atoms with Gasteiger partial charge in [-0.3, -0.25) is 9.78 Å². The number of nitriles is 1. The van der Waals surface area contributed by atoms with Gasteiger partial charge >= 0.3 is 0 Å². The number of ether oxygens (including phenoxy) is 4. The van der Waals surface area contributed by atoms with Crippen LogP contribution in [0.3, 0.4) is 0 Å². The highest BCUT2D eigenvalue weighted by Crippen LogP contribution is 2.36. The molecule has 0 saturated carbocycles. The Labute approximate surface area is 236 Å². The van der Waals surface area contributed by atoms with Crippen LogP contribution in [-0.4, -0.2) is 57.3 Å². The van der Waals surface area contributed by atoms with Crippen LogP contribution in [0.15, 0.2) is 59.9 Å². The zero-order valence-corrected chi connectivity index (χ0v) is 23.2. The normalized spacial score (nSPS) is 11.6. The van der Waals surface area contributed by atoms with Crippen molar-refractivity contribution in [1.29, 1.82) is 5.26 Å². The summed E-state index contributed by atoms with van der Waals surface area (Å²) in [6, 6.07) is 7.24. The van der Waals surface area contributed by atoms with E-state index < -0.39 is 5.91 Å². The second kappa shape index (κ2) is 13.0. The Hall–Kier alpha value is -5.51. The lowest BCUT2D eigenvalue weighted by molar-refractivity contribution is 0.0968. The molecule has 0 unspecified atom stereocenters. The smallest absolute Gasteiger partial charge is 0.280 e. The van der Waals surface area contributed by atoms with Gasteiger partial charge in [0.25, 0.3) is 5.91 Å². The summed E-state index contributed by atoms with van der Waals surface area (Å²) in [5, 5.41) is 16.7. The van der Waals surface area contributed by atoms with E-state index in [9.17, 15) is 4.79 Å². The quantitative estimate of drug-likeness (QED) is 0.172. The summed E-state index contributed by atoms with van der Waals surface area (Å²) in [4.78, 5) is 29.9. The zero-order chi connectivity index (χ0) is 29.4. The Kier molecular flexibility index (Phi) is 9.06. The van der Waals surface area contributed by atoms with E-state index in [1.165, 1.54) is 29.5 Å². The number of nitrogens with zero attached hydrogens (tertiary/aromatic N) is 7. The predicted octanol–water partition coefficient (Wildman–Crippen LogP) is 3.98. The third kappa shape index (κ3) is 6.56. The summed E-state index contributed by atoms with van der Waals surface area (Å²) in [7, 11) is 3.13. The van der Waals surface area contributed by atoms with Crippen LogP contribution >= 0.6 is 0 Å². The first-order valence-electron chi connectivity index (χ1n) is 12.6. The molecule has 0 aliphatic carbocycles. The monoisotopic (exact) mass is 556 g/mol. The first-order valence-corrected chi connectivity index (χ1v) is 12.6. The number of methoxy groups -OCH3 is 2. The number of rotatable bonds is 10.